The molecule has 0 aliphatic heterocycles. The predicted octanol–water partition coefficient (Wildman–Crippen LogP) is 5.13. The first kappa shape index (κ1) is 23.0. The molecule has 2 aromatic carbocycles. The Balaban J connectivity index is 1.45. The number of fused-ring (bicyclic) bond motifs is 1. The van der Waals surface area contributed by atoms with E-state index in [0.29, 0.717) is 33.7 Å². The monoisotopic (exact) mass is 490 g/mol. The third-order valence-electron chi connectivity index (χ3n) is 5.39. The molecule has 0 unspecified atom stereocenters. The summed E-state index contributed by atoms with van der Waals surface area (Å²) in [6.07, 6.45) is 1.97. The van der Waals surface area contributed by atoms with Crippen molar-refractivity contribution in [2.75, 3.05) is 12.4 Å². The Morgan fingerprint density at radius 2 is 1.72 bits per heavy atom. The summed E-state index contributed by atoms with van der Waals surface area (Å²) in [5.41, 5.74) is 2.82. The largest absolute Gasteiger partial charge is 0.467 e. The van der Waals surface area contributed by atoms with Crippen molar-refractivity contribution in [2.24, 2.45) is 0 Å². The molecule has 0 aliphatic rings. The molecule has 0 atom stereocenters. The molecule has 0 saturated heterocycles. The molecule has 5 rings (SSSR count). The quantitative estimate of drug-likeness (QED) is 0.367. The van der Waals surface area contributed by atoms with Crippen molar-refractivity contribution in [3.63, 3.8) is 0 Å². The van der Waals surface area contributed by atoms with Crippen molar-refractivity contribution in [2.45, 2.75) is 6.18 Å². The number of alkyl halides is 3. The third-order valence-corrected chi connectivity index (χ3v) is 5.39. The van der Waals surface area contributed by atoms with E-state index in [0.717, 1.165) is 12.1 Å². The summed E-state index contributed by atoms with van der Waals surface area (Å²) in [5.74, 6) is -0.654. The van der Waals surface area contributed by atoms with Gasteiger partial charge in [-0.3, -0.25) is 4.79 Å². The van der Waals surface area contributed by atoms with Crippen LogP contribution in [0, 0.1) is 0 Å². The fourth-order valence-corrected chi connectivity index (χ4v) is 3.67. The van der Waals surface area contributed by atoms with E-state index in [1.807, 2.05) is 6.07 Å². The number of nitrogens with zero attached hydrogens (tertiary/aromatic N) is 5. The maximum atomic E-state index is 13.0. The van der Waals surface area contributed by atoms with E-state index in [4.69, 9.17) is 4.74 Å². The second-order valence-corrected chi connectivity index (χ2v) is 7.70. The molecule has 5 aromatic rings. The van der Waals surface area contributed by atoms with Gasteiger partial charge in [0.15, 0.2) is 5.65 Å². The van der Waals surface area contributed by atoms with Gasteiger partial charge in [-0.2, -0.15) is 18.3 Å². The Kier molecular flexibility index (Phi) is 5.80. The topological polar surface area (TPSA) is 94.3 Å². The number of ether oxygens (including phenoxy) is 1. The number of hydrogen-bond donors (Lipinski definition) is 1. The van der Waals surface area contributed by atoms with Crippen LogP contribution >= 0.6 is 0 Å². The van der Waals surface area contributed by atoms with Gasteiger partial charge in [0, 0.05) is 46.5 Å². The first-order valence-electron chi connectivity index (χ1n) is 10.6. The van der Waals surface area contributed by atoms with E-state index >= 15 is 0 Å². The molecular weight excluding hydrogens is 473 g/mol. The van der Waals surface area contributed by atoms with E-state index in [2.05, 4.69) is 25.4 Å². The van der Waals surface area contributed by atoms with E-state index in [1.165, 1.54) is 19.2 Å². The van der Waals surface area contributed by atoms with Gasteiger partial charge in [0.25, 0.3) is 5.91 Å². The first-order valence-corrected chi connectivity index (χ1v) is 10.6. The minimum absolute atomic E-state index is 0.0973. The van der Waals surface area contributed by atoms with Gasteiger partial charge in [-0.05, 0) is 36.4 Å². The highest BCUT2D eigenvalue weighted by Crippen LogP contribution is 2.30. The summed E-state index contributed by atoms with van der Waals surface area (Å²) in [6.45, 7) is 0. The molecule has 3 heterocycles. The number of rotatable bonds is 5. The van der Waals surface area contributed by atoms with Crippen molar-refractivity contribution >= 4 is 17.2 Å². The summed E-state index contributed by atoms with van der Waals surface area (Å²) >= 11 is 0. The number of benzene rings is 2. The number of aromatic nitrogens is 5. The fraction of sp³-hybridized carbons (Fsp3) is 0.0800. The van der Waals surface area contributed by atoms with Gasteiger partial charge in [-0.25, -0.2) is 19.5 Å². The zero-order valence-corrected chi connectivity index (χ0v) is 18.7. The molecule has 0 spiro atoms. The van der Waals surface area contributed by atoms with E-state index in [9.17, 15) is 18.0 Å². The number of carbonyl (C=O) groups is 1. The predicted molar refractivity (Wildman–Crippen MR) is 125 cm³/mol. The van der Waals surface area contributed by atoms with Crippen LogP contribution in [0.3, 0.4) is 0 Å². The van der Waals surface area contributed by atoms with Gasteiger partial charge < -0.3 is 10.1 Å². The van der Waals surface area contributed by atoms with Gasteiger partial charge >= 0.3 is 12.2 Å². The van der Waals surface area contributed by atoms with Crippen molar-refractivity contribution in [1.82, 2.24) is 24.6 Å². The van der Waals surface area contributed by atoms with Crippen LogP contribution in [0.2, 0.25) is 0 Å². The number of methoxy groups -OCH3 is 1. The number of halogens is 3. The Morgan fingerprint density at radius 3 is 2.47 bits per heavy atom. The van der Waals surface area contributed by atoms with Gasteiger partial charge in [0.1, 0.15) is 0 Å². The van der Waals surface area contributed by atoms with E-state index < -0.39 is 17.6 Å². The fourth-order valence-electron chi connectivity index (χ4n) is 3.67. The Labute approximate surface area is 202 Å². The smallest absolute Gasteiger partial charge is 0.416 e. The number of nitrogens with one attached hydrogen (secondary N) is 1. The zero-order chi connectivity index (χ0) is 25.3. The second kappa shape index (κ2) is 9.10. The van der Waals surface area contributed by atoms with Crippen LogP contribution in [-0.2, 0) is 6.18 Å². The van der Waals surface area contributed by atoms with Crippen molar-refractivity contribution in [3.05, 3.63) is 90.5 Å². The lowest BCUT2D eigenvalue weighted by Gasteiger charge is -2.11. The number of hydrogen-bond acceptors (Lipinski definition) is 6. The maximum absolute atomic E-state index is 13.0. The van der Waals surface area contributed by atoms with Crippen LogP contribution < -0.4 is 10.1 Å². The molecule has 1 N–H and O–H groups in total. The zero-order valence-electron chi connectivity index (χ0n) is 18.7. The highest BCUT2D eigenvalue weighted by molar-refractivity contribution is 6.04. The first-order chi connectivity index (χ1) is 17.3. The van der Waals surface area contributed by atoms with Crippen LogP contribution in [0.4, 0.5) is 18.9 Å². The minimum atomic E-state index is -4.54. The standard InChI is InChI=1S/C25H17F3N6O2/c1-36-24-30-12-17(13-31-24)20-14-32-34-21(8-9-29-22(20)34)15-4-3-7-19(11-15)33-23(35)16-5-2-6-18(10-16)25(26,27)28/h2-14H,1H3,(H,33,35). The second-order valence-electron chi connectivity index (χ2n) is 7.70. The molecule has 0 bridgehead atoms. The lowest BCUT2D eigenvalue weighted by atomic mass is 10.1. The average molecular weight is 490 g/mol. The number of anilines is 1. The molecule has 0 radical (unpaired) electrons. The highest BCUT2D eigenvalue weighted by Gasteiger charge is 2.30. The normalized spacial score (nSPS) is 11.4. The lowest BCUT2D eigenvalue weighted by molar-refractivity contribution is -0.137. The summed E-state index contributed by atoms with van der Waals surface area (Å²) in [7, 11) is 1.48. The average Bonchev–Trinajstić information content (AvgIpc) is 3.33. The molecular formula is C25H17F3N6O2. The van der Waals surface area contributed by atoms with Crippen LogP contribution in [0.15, 0.2) is 79.4 Å². The highest BCUT2D eigenvalue weighted by atomic mass is 19.4. The molecule has 3 aromatic heterocycles. The number of carbonyl (C=O) groups excluding carboxylic acids is 1. The molecule has 1 amide bonds. The van der Waals surface area contributed by atoms with Crippen molar-refractivity contribution < 1.29 is 22.7 Å². The Hall–Kier alpha value is -4.80. The molecule has 0 fully saturated rings. The van der Waals surface area contributed by atoms with Crippen LogP contribution in [-0.4, -0.2) is 37.6 Å². The van der Waals surface area contributed by atoms with Gasteiger partial charge in [0.05, 0.1) is 24.6 Å². The lowest BCUT2D eigenvalue weighted by Crippen LogP contribution is -2.14. The number of amides is 1. The van der Waals surface area contributed by atoms with Crippen molar-refractivity contribution in [3.8, 4) is 28.4 Å². The van der Waals surface area contributed by atoms with Gasteiger partial charge in [-0.1, -0.05) is 18.2 Å². The van der Waals surface area contributed by atoms with Crippen LogP contribution in [0.25, 0.3) is 28.0 Å². The minimum Gasteiger partial charge on any atom is -0.467 e. The van der Waals surface area contributed by atoms with Gasteiger partial charge in [-0.15, -0.1) is 0 Å². The van der Waals surface area contributed by atoms with Crippen molar-refractivity contribution in [1.29, 1.82) is 0 Å². The van der Waals surface area contributed by atoms with Crippen LogP contribution in [0.1, 0.15) is 15.9 Å². The van der Waals surface area contributed by atoms with Gasteiger partial charge in [0.2, 0.25) is 0 Å². The molecule has 8 nitrogen and oxygen atoms in total. The summed E-state index contributed by atoms with van der Waals surface area (Å²) in [6, 6.07) is 13.2. The third kappa shape index (κ3) is 4.45. The Morgan fingerprint density at radius 1 is 0.944 bits per heavy atom. The molecule has 36 heavy (non-hydrogen) atoms. The molecule has 0 saturated carbocycles. The summed E-state index contributed by atoms with van der Waals surface area (Å²) < 4.78 is 45.7. The molecule has 11 heteroatoms. The summed E-state index contributed by atoms with van der Waals surface area (Å²) in [4.78, 5) is 25.3. The SMILES string of the molecule is COc1ncc(-c2cnn3c(-c4cccc(NC(=O)c5cccc(C(F)(F)F)c5)c4)ccnc23)cn1. The Bertz CT molecular complexity index is 1560. The van der Waals surface area contributed by atoms with E-state index in [-0.39, 0.29) is 11.6 Å². The van der Waals surface area contributed by atoms with E-state index in [1.54, 1.807) is 53.6 Å². The van der Waals surface area contributed by atoms with Crippen LogP contribution in [0.5, 0.6) is 6.01 Å². The summed E-state index contributed by atoms with van der Waals surface area (Å²) in [5, 5.41) is 7.12. The molecule has 0 aliphatic carbocycles. The molecule has 180 valence electrons. The maximum Gasteiger partial charge on any atom is 0.416 e.